The highest BCUT2D eigenvalue weighted by Crippen LogP contribution is 2.10. The molecule has 0 radical (unpaired) electrons. The Hall–Kier alpha value is -0.950. The molecule has 0 atom stereocenters. The maximum atomic E-state index is 12.2. The van der Waals surface area contributed by atoms with E-state index in [0.717, 1.165) is 38.3 Å². The van der Waals surface area contributed by atoms with Gasteiger partial charge in [-0.15, -0.1) is 0 Å². The maximum absolute atomic E-state index is 12.2. The molecule has 1 aromatic rings. The molecular formula is C15H27N3O2S. The molecule has 0 aliphatic heterocycles. The molecule has 5 nitrogen and oxygen atoms in total. The lowest BCUT2D eigenvalue weighted by atomic mass is 10.2. The lowest BCUT2D eigenvalue weighted by Crippen LogP contribution is -2.34. The van der Waals surface area contributed by atoms with Crippen molar-refractivity contribution in [2.75, 3.05) is 32.7 Å². The molecule has 0 spiro atoms. The van der Waals surface area contributed by atoms with Crippen LogP contribution in [0, 0.1) is 0 Å². The molecule has 0 bridgehead atoms. The molecule has 6 heteroatoms. The zero-order valence-electron chi connectivity index (χ0n) is 13.2. The number of benzene rings is 1. The average molecular weight is 313 g/mol. The monoisotopic (exact) mass is 313 g/mol. The number of hydrogen-bond donors (Lipinski definition) is 2. The van der Waals surface area contributed by atoms with E-state index in [4.69, 9.17) is 0 Å². The molecule has 0 saturated carbocycles. The molecule has 0 heterocycles. The van der Waals surface area contributed by atoms with Crippen molar-refractivity contribution >= 4 is 10.0 Å². The molecule has 0 aromatic heterocycles. The first kappa shape index (κ1) is 18.1. The highest BCUT2D eigenvalue weighted by molar-refractivity contribution is 7.89. The van der Waals surface area contributed by atoms with Crippen LogP contribution in [-0.4, -0.2) is 46.0 Å². The van der Waals surface area contributed by atoms with Crippen LogP contribution in [0.15, 0.2) is 29.2 Å². The van der Waals surface area contributed by atoms with Crippen molar-refractivity contribution < 1.29 is 8.42 Å². The van der Waals surface area contributed by atoms with Gasteiger partial charge in [0.2, 0.25) is 10.0 Å². The maximum Gasteiger partial charge on any atom is 0.240 e. The Bertz CT molecular complexity index is 496. The summed E-state index contributed by atoms with van der Waals surface area (Å²) in [6.07, 6.45) is 0. The molecular weight excluding hydrogens is 286 g/mol. The van der Waals surface area contributed by atoms with Gasteiger partial charge in [0.1, 0.15) is 0 Å². The summed E-state index contributed by atoms with van der Waals surface area (Å²) in [7, 11) is -3.41. The third kappa shape index (κ3) is 6.13. The topological polar surface area (TPSA) is 61.4 Å². The van der Waals surface area contributed by atoms with Gasteiger partial charge in [-0.1, -0.05) is 32.9 Å². The van der Waals surface area contributed by atoms with Crippen molar-refractivity contribution in [1.82, 2.24) is 14.9 Å². The van der Waals surface area contributed by atoms with Crippen molar-refractivity contribution in [2.45, 2.75) is 32.2 Å². The molecule has 1 rings (SSSR count). The number of rotatable bonds is 10. The van der Waals surface area contributed by atoms with E-state index in [1.54, 1.807) is 12.1 Å². The Morgan fingerprint density at radius 1 is 1.05 bits per heavy atom. The summed E-state index contributed by atoms with van der Waals surface area (Å²) in [5, 5.41) is 3.21. The zero-order chi connectivity index (χ0) is 15.7. The lowest BCUT2D eigenvalue weighted by Gasteiger charge is -2.18. The van der Waals surface area contributed by atoms with Crippen molar-refractivity contribution in [3.05, 3.63) is 29.8 Å². The summed E-state index contributed by atoms with van der Waals surface area (Å²) in [5.41, 5.74) is 1.08. The highest BCUT2D eigenvalue weighted by atomic mass is 32.2. The van der Waals surface area contributed by atoms with Crippen LogP contribution in [0.4, 0.5) is 0 Å². The average Bonchev–Trinajstić information content (AvgIpc) is 2.50. The molecule has 120 valence electrons. The summed E-state index contributed by atoms with van der Waals surface area (Å²) >= 11 is 0. The van der Waals surface area contributed by atoms with Crippen LogP contribution < -0.4 is 10.0 Å². The highest BCUT2D eigenvalue weighted by Gasteiger charge is 2.13. The smallest absolute Gasteiger partial charge is 0.240 e. The fraction of sp³-hybridized carbons (Fsp3) is 0.600. The quantitative estimate of drug-likeness (QED) is 0.686. The zero-order valence-corrected chi connectivity index (χ0v) is 14.0. The van der Waals surface area contributed by atoms with Crippen molar-refractivity contribution in [3.63, 3.8) is 0 Å². The van der Waals surface area contributed by atoms with E-state index >= 15 is 0 Å². The first-order valence-corrected chi connectivity index (χ1v) is 9.03. The normalized spacial score (nSPS) is 12.0. The minimum absolute atomic E-state index is 0.322. The largest absolute Gasteiger partial charge is 0.313 e. The summed E-state index contributed by atoms with van der Waals surface area (Å²) in [4.78, 5) is 2.50. The van der Waals surface area contributed by atoms with Crippen LogP contribution in [0.3, 0.4) is 0 Å². The Morgan fingerprint density at radius 3 is 2.19 bits per heavy atom. The Morgan fingerprint density at radius 2 is 1.67 bits per heavy atom. The number of hydrogen-bond acceptors (Lipinski definition) is 4. The first-order valence-electron chi connectivity index (χ1n) is 7.55. The van der Waals surface area contributed by atoms with E-state index in [0.29, 0.717) is 11.4 Å². The first-order chi connectivity index (χ1) is 10.0. The molecule has 0 amide bonds. The van der Waals surface area contributed by atoms with Gasteiger partial charge in [0, 0.05) is 19.6 Å². The van der Waals surface area contributed by atoms with Gasteiger partial charge in [-0.05, 0) is 37.3 Å². The number of sulfonamides is 1. The molecule has 0 unspecified atom stereocenters. The van der Waals surface area contributed by atoms with Crippen LogP contribution >= 0.6 is 0 Å². The molecule has 21 heavy (non-hydrogen) atoms. The van der Waals surface area contributed by atoms with Gasteiger partial charge in [-0.25, -0.2) is 13.1 Å². The van der Waals surface area contributed by atoms with E-state index in [1.807, 2.05) is 19.1 Å². The summed E-state index contributed by atoms with van der Waals surface area (Å²) in [6, 6.07) is 7.02. The predicted octanol–water partition coefficient (Wildman–Crippen LogP) is 1.42. The SMILES string of the molecule is CCNCc1ccc(S(=O)(=O)NCCN(CC)CC)cc1. The number of likely N-dealkylation sites (N-methyl/N-ethyl adjacent to an activating group) is 1. The fourth-order valence-corrected chi connectivity index (χ4v) is 3.04. The van der Waals surface area contributed by atoms with Crippen LogP contribution in [0.25, 0.3) is 0 Å². The Kier molecular flexibility index (Phi) is 7.88. The molecule has 0 aliphatic rings. The Labute approximate surface area is 128 Å². The predicted molar refractivity (Wildman–Crippen MR) is 86.8 cm³/mol. The van der Waals surface area contributed by atoms with E-state index < -0.39 is 10.0 Å². The molecule has 0 aliphatic carbocycles. The van der Waals surface area contributed by atoms with E-state index in [2.05, 4.69) is 28.8 Å². The van der Waals surface area contributed by atoms with Crippen molar-refractivity contribution in [3.8, 4) is 0 Å². The van der Waals surface area contributed by atoms with E-state index in [-0.39, 0.29) is 0 Å². The molecule has 1 aromatic carbocycles. The van der Waals surface area contributed by atoms with Crippen molar-refractivity contribution in [2.24, 2.45) is 0 Å². The van der Waals surface area contributed by atoms with Gasteiger partial charge in [-0.3, -0.25) is 0 Å². The second-order valence-electron chi connectivity index (χ2n) is 4.85. The summed E-state index contributed by atoms with van der Waals surface area (Å²) < 4.78 is 27.0. The second kappa shape index (κ2) is 9.15. The molecule has 0 saturated heterocycles. The van der Waals surface area contributed by atoms with Gasteiger partial charge in [0.05, 0.1) is 4.90 Å². The van der Waals surface area contributed by atoms with Gasteiger partial charge in [0.25, 0.3) is 0 Å². The van der Waals surface area contributed by atoms with E-state index in [1.165, 1.54) is 0 Å². The Balaban J connectivity index is 2.57. The minimum Gasteiger partial charge on any atom is -0.313 e. The lowest BCUT2D eigenvalue weighted by molar-refractivity contribution is 0.309. The summed E-state index contributed by atoms with van der Waals surface area (Å²) in [5.74, 6) is 0. The minimum atomic E-state index is -3.41. The number of nitrogens with zero attached hydrogens (tertiary/aromatic N) is 1. The van der Waals surface area contributed by atoms with E-state index in [9.17, 15) is 8.42 Å². The van der Waals surface area contributed by atoms with Crippen molar-refractivity contribution in [1.29, 1.82) is 0 Å². The van der Waals surface area contributed by atoms with Gasteiger partial charge in [0.15, 0.2) is 0 Å². The van der Waals surface area contributed by atoms with Gasteiger partial charge >= 0.3 is 0 Å². The van der Waals surface area contributed by atoms with Gasteiger partial charge < -0.3 is 10.2 Å². The third-order valence-corrected chi connectivity index (χ3v) is 4.90. The van der Waals surface area contributed by atoms with Crippen LogP contribution in [-0.2, 0) is 16.6 Å². The molecule has 2 N–H and O–H groups in total. The fourth-order valence-electron chi connectivity index (χ4n) is 2.02. The number of nitrogens with one attached hydrogen (secondary N) is 2. The summed E-state index contributed by atoms with van der Waals surface area (Å²) in [6.45, 7) is 10.8. The second-order valence-corrected chi connectivity index (χ2v) is 6.62. The van der Waals surface area contributed by atoms with Gasteiger partial charge in [-0.2, -0.15) is 0 Å². The van der Waals surface area contributed by atoms with Crippen LogP contribution in [0.2, 0.25) is 0 Å². The van der Waals surface area contributed by atoms with Crippen LogP contribution in [0.1, 0.15) is 26.3 Å². The van der Waals surface area contributed by atoms with Crippen LogP contribution in [0.5, 0.6) is 0 Å². The third-order valence-electron chi connectivity index (χ3n) is 3.43. The standard InChI is InChI=1S/C15H27N3O2S/c1-4-16-13-14-7-9-15(10-8-14)21(19,20)17-11-12-18(5-2)6-3/h7-10,16-17H,4-6,11-13H2,1-3H3. The molecule has 0 fully saturated rings.